The van der Waals surface area contributed by atoms with Crippen LogP contribution in [0.25, 0.3) is 0 Å². The summed E-state index contributed by atoms with van der Waals surface area (Å²) in [7, 11) is 1.54. The Balaban J connectivity index is 2.53. The summed E-state index contributed by atoms with van der Waals surface area (Å²) in [6.45, 7) is 1.98. The number of ether oxygens (including phenoxy) is 2. The van der Waals surface area contributed by atoms with Crippen molar-refractivity contribution < 1.29 is 19.4 Å². The summed E-state index contributed by atoms with van der Waals surface area (Å²) < 4.78 is 10.5. The third-order valence-corrected chi connectivity index (χ3v) is 2.91. The Hall–Kier alpha value is -1.30. The van der Waals surface area contributed by atoms with E-state index in [2.05, 4.69) is 5.32 Å². The van der Waals surface area contributed by atoms with Gasteiger partial charge in [-0.15, -0.1) is 0 Å². The molecule has 112 valence electrons. The maximum absolute atomic E-state index is 12.0. The number of amides is 1. The summed E-state index contributed by atoms with van der Waals surface area (Å²) >= 11 is 5.85. The molecule has 1 amide bonds. The van der Waals surface area contributed by atoms with Gasteiger partial charge in [0, 0.05) is 18.7 Å². The molecule has 0 saturated carbocycles. The third kappa shape index (κ3) is 5.77. The second kappa shape index (κ2) is 8.79. The minimum Gasteiger partial charge on any atom is -0.481 e. The molecule has 0 heterocycles. The molecule has 0 spiro atoms. The molecule has 1 rings (SSSR count). The summed E-state index contributed by atoms with van der Waals surface area (Å²) in [5, 5.41) is 12.2. The van der Waals surface area contributed by atoms with Gasteiger partial charge in [0.25, 0.3) is 5.91 Å². The van der Waals surface area contributed by atoms with E-state index in [1.54, 1.807) is 38.3 Å². The number of hydrogen-bond acceptors (Lipinski definition) is 4. The van der Waals surface area contributed by atoms with Crippen LogP contribution in [0, 0.1) is 0 Å². The van der Waals surface area contributed by atoms with Crippen molar-refractivity contribution in [2.24, 2.45) is 0 Å². The Kier molecular flexibility index (Phi) is 7.36. The van der Waals surface area contributed by atoms with Crippen LogP contribution in [0.15, 0.2) is 24.3 Å². The van der Waals surface area contributed by atoms with Gasteiger partial charge in [0.2, 0.25) is 0 Å². The molecular formula is C14H20ClNO4. The van der Waals surface area contributed by atoms with Gasteiger partial charge in [-0.3, -0.25) is 4.79 Å². The molecule has 0 fully saturated rings. The number of aliphatic hydroxyl groups excluding tert-OH is 1. The van der Waals surface area contributed by atoms with Crippen LogP contribution in [-0.2, 0) is 9.53 Å². The zero-order valence-corrected chi connectivity index (χ0v) is 12.4. The predicted octanol–water partition coefficient (Wildman–Crippen LogP) is 1.62. The van der Waals surface area contributed by atoms with Gasteiger partial charge in [0.1, 0.15) is 5.75 Å². The van der Waals surface area contributed by atoms with Gasteiger partial charge in [-0.05, 0) is 31.5 Å². The quantitative estimate of drug-likeness (QED) is 0.766. The predicted molar refractivity (Wildman–Crippen MR) is 77.1 cm³/mol. The number of rotatable bonds is 8. The third-order valence-electron chi connectivity index (χ3n) is 2.67. The molecule has 1 aromatic rings. The topological polar surface area (TPSA) is 67.8 Å². The highest BCUT2D eigenvalue weighted by atomic mass is 35.5. The molecule has 0 aliphatic heterocycles. The van der Waals surface area contributed by atoms with E-state index in [0.717, 1.165) is 0 Å². The number of benzene rings is 1. The average Bonchev–Trinajstić information content (AvgIpc) is 2.39. The second-order valence-corrected chi connectivity index (χ2v) is 4.83. The molecule has 20 heavy (non-hydrogen) atoms. The van der Waals surface area contributed by atoms with Gasteiger partial charge in [-0.25, -0.2) is 0 Å². The molecule has 2 atom stereocenters. The summed E-state index contributed by atoms with van der Waals surface area (Å²) in [6.07, 6.45) is -0.227. The van der Waals surface area contributed by atoms with Crippen LogP contribution in [0.1, 0.15) is 13.3 Å². The smallest absolute Gasteiger partial charge is 0.261 e. The first-order valence-corrected chi connectivity index (χ1v) is 6.77. The molecule has 0 saturated heterocycles. The SMILES string of the molecule is COCC(CCO)NC(=O)C(C)Oc1cccc(Cl)c1. The van der Waals surface area contributed by atoms with Crippen molar-refractivity contribution in [2.75, 3.05) is 20.3 Å². The Labute approximate surface area is 123 Å². The van der Waals surface area contributed by atoms with E-state index >= 15 is 0 Å². The molecule has 0 aliphatic rings. The largest absolute Gasteiger partial charge is 0.481 e. The van der Waals surface area contributed by atoms with Crippen molar-refractivity contribution in [1.29, 1.82) is 0 Å². The van der Waals surface area contributed by atoms with E-state index in [4.69, 9.17) is 26.2 Å². The first-order valence-electron chi connectivity index (χ1n) is 6.39. The Morgan fingerprint density at radius 2 is 2.25 bits per heavy atom. The number of carbonyl (C=O) groups excluding carboxylic acids is 1. The number of nitrogens with one attached hydrogen (secondary N) is 1. The highest BCUT2D eigenvalue weighted by Gasteiger charge is 2.18. The Morgan fingerprint density at radius 3 is 2.85 bits per heavy atom. The van der Waals surface area contributed by atoms with Crippen LogP contribution in [0.2, 0.25) is 5.02 Å². The molecule has 5 nitrogen and oxygen atoms in total. The standard InChI is InChI=1S/C14H20ClNO4/c1-10(20-13-5-3-4-11(15)8-13)14(18)16-12(6-7-17)9-19-2/h3-5,8,10,12,17H,6-7,9H2,1-2H3,(H,16,18). The van der Waals surface area contributed by atoms with E-state index in [1.165, 1.54) is 0 Å². The maximum Gasteiger partial charge on any atom is 0.261 e. The lowest BCUT2D eigenvalue weighted by Crippen LogP contribution is -2.44. The van der Waals surface area contributed by atoms with Crippen LogP contribution in [0.3, 0.4) is 0 Å². The molecule has 6 heteroatoms. The number of carbonyl (C=O) groups is 1. The molecular weight excluding hydrogens is 282 g/mol. The molecule has 0 radical (unpaired) electrons. The van der Waals surface area contributed by atoms with E-state index in [-0.39, 0.29) is 18.6 Å². The number of hydrogen-bond donors (Lipinski definition) is 2. The van der Waals surface area contributed by atoms with Crippen LogP contribution >= 0.6 is 11.6 Å². The van der Waals surface area contributed by atoms with Gasteiger partial charge < -0.3 is 19.9 Å². The summed E-state index contributed by atoms with van der Waals surface area (Å²) in [5.74, 6) is 0.270. The average molecular weight is 302 g/mol. The first kappa shape index (κ1) is 16.8. The van der Waals surface area contributed by atoms with Crippen molar-refractivity contribution in [2.45, 2.75) is 25.5 Å². The van der Waals surface area contributed by atoms with Crippen LogP contribution < -0.4 is 10.1 Å². The normalized spacial score (nSPS) is 13.6. The molecule has 0 aromatic heterocycles. The number of methoxy groups -OCH3 is 1. The van der Waals surface area contributed by atoms with Gasteiger partial charge in [-0.2, -0.15) is 0 Å². The van der Waals surface area contributed by atoms with Crippen molar-refractivity contribution in [3.8, 4) is 5.75 Å². The van der Waals surface area contributed by atoms with Gasteiger partial charge in [0.05, 0.1) is 12.6 Å². The molecule has 0 bridgehead atoms. The van der Waals surface area contributed by atoms with Gasteiger partial charge in [0.15, 0.2) is 6.10 Å². The number of halogens is 1. The maximum atomic E-state index is 12.0. The van der Waals surface area contributed by atoms with E-state index in [0.29, 0.717) is 23.8 Å². The minimum atomic E-state index is -0.661. The molecule has 2 unspecified atom stereocenters. The van der Waals surface area contributed by atoms with E-state index in [9.17, 15) is 4.79 Å². The summed E-state index contributed by atoms with van der Waals surface area (Å²) in [4.78, 5) is 12.0. The zero-order valence-electron chi connectivity index (χ0n) is 11.6. The zero-order chi connectivity index (χ0) is 15.0. The fraction of sp³-hybridized carbons (Fsp3) is 0.500. The van der Waals surface area contributed by atoms with Crippen LogP contribution in [0.5, 0.6) is 5.75 Å². The summed E-state index contributed by atoms with van der Waals surface area (Å²) in [5.41, 5.74) is 0. The van der Waals surface area contributed by atoms with E-state index < -0.39 is 6.10 Å². The molecule has 2 N–H and O–H groups in total. The fourth-order valence-corrected chi connectivity index (χ4v) is 1.85. The van der Waals surface area contributed by atoms with Crippen molar-refractivity contribution in [3.05, 3.63) is 29.3 Å². The van der Waals surface area contributed by atoms with Crippen molar-refractivity contribution in [3.63, 3.8) is 0 Å². The van der Waals surface area contributed by atoms with Crippen molar-refractivity contribution >= 4 is 17.5 Å². The highest BCUT2D eigenvalue weighted by molar-refractivity contribution is 6.30. The summed E-state index contributed by atoms with van der Waals surface area (Å²) in [6, 6.07) is 6.63. The lowest BCUT2D eigenvalue weighted by atomic mass is 10.2. The molecule has 0 aliphatic carbocycles. The lowest BCUT2D eigenvalue weighted by molar-refractivity contribution is -0.128. The second-order valence-electron chi connectivity index (χ2n) is 4.39. The Bertz CT molecular complexity index is 421. The van der Waals surface area contributed by atoms with Gasteiger partial charge >= 0.3 is 0 Å². The van der Waals surface area contributed by atoms with Crippen molar-refractivity contribution in [1.82, 2.24) is 5.32 Å². The Morgan fingerprint density at radius 1 is 1.50 bits per heavy atom. The highest BCUT2D eigenvalue weighted by Crippen LogP contribution is 2.18. The minimum absolute atomic E-state index is 0.0160. The van der Waals surface area contributed by atoms with Crippen LogP contribution in [-0.4, -0.2) is 43.5 Å². The van der Waals surface area contributed by atoms with Crippen LogP contribution in [0.4, 0.5) is 0 Å². The lowest BCUT2D eigenvalue weighted by Gasteiger charge is -2.20. The fourth-order valence-electron chi connectivity index (χ4n) is 1.67. The number of aliphatic hydroxyl groups is 1. The van der Waals surface area contributed by atoms with E-state index in [1.807, 2.05) is 0 Å². The van der Waals surface area contributed by atoms with Gasteiger partial charge in [-0.1, -0.05) is 17.7 Å². The first-order chi connectivity index (χ1) is 9.56. The monoisotopic (exact) mass is 301 g/mol. The molecule has 1 aromatic carbocycles.